The van der Waals surface area contributed by atoms with Crippen LogP contribution in [0.25, 0.3) is 0 Å². The molecule has 0 radical (unpaired) electrons. The van der Waals surface area contributed by atoms with E-state index < -0.39 is 0 Å². The highest BCUT2D eigenvalue weighted by Gasteiger charge is 2.00. The van der Waals surface area contributed by atoms with Crippen molar-refractivity contribution in [3.05, 3.63) is 11.6 Å². The molecule has 0 heterocycles. The molecule has 0 amide bonds. The molecule has 0 atom stereocenters. The molecule has 0 aliphatic carbocycles. The third kappa shape index (κ3) is 6.61. The van der Waals surface area contributed by atoms with Gasteiger partial charge in [-0.15, -0.1) is 0 Å². The van der Waals surface area contributed by atoms with Gasteiger partial charge in [-0.25, -0.2) is 4.79 Å². The van der Waals surface area contributed by atoms with E-state index >= 15 is 0 Å². The Kier molecular flexibility index (Phi) is 7.74. The maximum absolute atomic E-state index is 10.8. The van der Waals surface area contributed by atoms with Gasteiger partial charge >= 0.3 is 5.97 Å². The highest BCUT2D eigenvalue weighted by molar-refractivity contribution is 6.26. The minimum absolute atomic E-state index is 0.387. The maximum atomic E-state index is 10.8. The molecule has 0 bridgehead atoms. The Morgan fingerprint density at radius 3 is 2.54 bits per heavy atom. The second-order valence-electron chi connectivity index (χ2n) is 2.49. The molecule has 13 heavy (non-hydrogen) atoms. The van der Waals surface area contributed by atoms with Crippen molar-refractivity contribution in [2.45, 2.75) is 13.8 Å². The van der Waals surface area contributed by atoms with Crippen LogP contribution in [0.5, 0.6) is 0 Å². The molecule has 0 aromatic carbocycles. The number of esters is 1. The van der Waals surface area contributed by atoms with Crippen molar-refractivity contribution < 1.29 is 9.53 Å². The predicted octanol–water partition coefficient (Wildman–Crippen LogP) is 1.62. The zero-order valence-corrected chi connectivity index (χ0v) is 8.88. The summed E-state index contributed by atoms with van der Waals surface area (Å²) in [5.74, 6) is -0.387. The number of rotatable bonds is 6. The van der Waals surface area contributed by atoms with E-state index in [4.69, 9.17) is 16.3 Å². The number of ether oxygens (including phenoxy) is 1. The molecule has 0 fully saturated rings. The van der Waals surface area contributed by atoms with Crippen molar-refractivity contribution in [3.63, 3.8) is 0 Å². The Bertz CT molecular complexity index is 167. The smallest absolute Gasteiger partial charge is 0.331 e. The van der Waals surface area contributed by atoms with E-state index in [-0.39, 0.29) is 5.97 Å². The van der Waals surface area contributed by atoms with Gasteiger partial charge in [0, 0.05) is 18.2 Å². The number of nitrogens with zero attached hydrogens (tertiary/aromatic N) is 1. The first-order valence-electron chi connectivity index (χ1n) is 4.40. The van der Waals surface area contributed by atoms with Gasteiger partial charge in [0.05, 0.1) is 0 Å². The van der Waals surface area contributed by atoms with Crippen LogP contribution in [0.2, 0.25) is 0 Å². The van der Waals surface area contributed by atoms with Crippen LogP contribution in [0, 0.1) is 0 Å². The van der Waals surface area contributed by atoms with Crippen molar-refractivity contribution in [3.8, 4) is 0 Å². The average Bonchev–Trinajstić information content (AvgIpc) is 2.13. The first-order valence-corrected chi connectivity index (χ1v) is 4.84. The summed E-state index contributed by atoms with van der Waals surface area (Å²) in [6, 6.07) is 0. The lowest BCUT2D eigenvalue weighted by atomic mass is 10.5. The lowest BCUT2D eigenvalue weighted by molar-refractivity contribution is -0.138. The number of likely N-dealkylation sites (N-methyl/N-ethyl adjacent to an activating group) is 1. The minimum atomic E-state index is -0.387. The SMILES string of the molecule is CCN(CC)CCOC(=O)C=CCl. The molecule has 0 saturated carbocycles. The third-order valence-corrected chi connectivity index (χ3v) is 1.87. The van der Waals surface area contributed by atoms with Gasteiger partial charge in [0.1, 0.15) is 6.61 Å². The second kappa shape index (κ2) is 8.08. The molecule has 4 heteroatoms. The molecular weight excluding hydrogens is 190 g/mol. The van der Waals surface area contributed by atoms with Crippen molar-refractivity contribution in [1.82, 2.24) is 4.90 Å². The third-order valence-electron chi connectivity index (χ3n) is 1.75. The van der Waals surface area contributed by atoms with Gasteiger partial charge in [0.15, 0.2) is 0 Å². The van der Waals surface area contributed by atoms with Crippen LogP contribution in [0.1, 0.15) is 13.8 Å². The molecule has 76 valence electrons. The Labute approximate surface area is 84.3 Å². The number of hydrogen-bond acceptors (Lipinski definition) is 3. The molecule has 0 rings (SSSR count). The largest absolute Gasteiger partial charge is 0.461 e. The first-order chi connectivity index (χ1) is 6.24. The van der Waals surface area contributed by atoms with E-state index in [1.165, 1.54) is 6.08 Å². The quantitative estimate of drug-likeness (QED) is 0.488. The van der Waals surface area contributed by atoms with E-state index in [0.29, 0.717) is 6.61 Å². The predicted molar refractivity (Wildman–Crippen MR) is 53.7 cm³/mol. The van der Waals surface area contributed by atoms with Gasteiger partial charge in [0.25, 0.3) is 0 Å². The van der Waals surface area contributed by atoms with E-state index in [1.54, 1.807) is 0 Å². The van der Waals surface area contributed by atoms with Crippen molar-refractivity contribution in [1.29, 1.82) is 0 Å². The van der Waals surface area contributed by atoms with Crippen LogP contribution in [0.4, 0.5) is 0 Å². The Balaban J connectivity index is 3.48. The fraction of sp³-hybridized carbons (Fsp3) is 0.667. The lowest BCUT2D eigenvalue weighted by Gasteiger charge is -2.16. The monoisotopic (exact) mass is 205 g/mol. The van der Waals surface area contributed by atoms with Gasteiger partial charge < -0.3 is 9.64 Å². The van der Waals surface area contributed by atoms with Crippen LogP contribution in [0.3, 0.4) is 0 Å². The van der Waals surface area contributed by atoms with E-state index in [0.717, 1.165) is 25.2 Å². The zero-order chi connectivity index (χ0) is 10.1. The molecule has 0 spiro atoms. The summed E-state index contributed by atoms with van der Waals surface area (Å²) in [5.41, 5.74) is 1.15. The summed E-state index contributed by atoms with van der Waals surface area (Å²) >= 11 is 5.20. The Morgan fingerprint density at radius 2 is 2.08 bits per heavy atom. The van der Waals surface area contributed by atoms with Crippen LogP contribution in [-0.4, -0.2) is 37.1 Å². The molecule has 0 N–H and O–H groups in total. The molecule has 3 nitrogen and oxygen atoms in total. The van der Waals surface area contributed by atoms with Crippen molar-refractivity contribution >= 4 is 17.6 Å². The normalized spacial score (nSPS) is 11.1. The first kappa shape index (κ1) is 12.5. The minimum Gasteiger partial charge on any atom is -0.461 e. The average molecular weight is 206 g/mol. The van der Waals surface area contributed by atoms with Gasteiger partial charge in [-0.1, -0.05) is 25.4 Å². The van der Waals surface area contributed by atoms with Crippen LogP contribution in [-0.2, 0) is 9.53 Å². The number of hydrogen-bond donors (Lipinski definition) is 0. The van der Waals surface area contributed by atoms with Crippen molar-refractivity contribution in [2.24, 2.45) is 0 Å². The summed E-state index contributed by atoms with van der Waals surface area (Å²) in [7, 11) is 0. The zero-order valence-electron chi connectivity index (χ0n) is 8.12. The van der Waals surface area contributed by atoms with Crippen molar-refractivity contribution in [2.75, 3.05) is 26.2 Å². The fourth-order valence-corrected chi connectivity index (χ4v) is 1.02. The van der Waals surface area contributed by atoms with E-state index in [1.807, 2.05) is 0 Å². The molecule has 0 saturated heterocycles. The van der Waals surface area contributed by atoms with Crippen LogP contribution < -0.4 is 0 Å². The number of halogens is 1. The summed E-state index contributed by atoms with van der Waals surface area (Å²) in [6.07, 6.45) is 1.20. The summed E-state index contributed by atoms with van der Waals surface area (Å²) in [4.78, 5) is 13.0. The molecule has 0 aliphatic heterocycles. The molecular formula is C9H16ClNO2. The molecule has 0 unspecified atom stereocenters. The fourth-order valence-electron chi connectivity index (χ4n) is 0.915. The maximum Gasteiger partial charge on any atom is 0.331 e. The Hall–Kier alpha value is -0.540. The molecule has 0 aromatic heterocycles. The summed E-state index contributed by atoms with van der Waals surface area (Å²) in [6.45, 7) is 7.28. The highest BCUT2D eigenvalue weighted by Crippen LogP contribution is 1.89. The highest BCUT2D eigenvalue weighted by atomic mass is 35.5. The summed E-state index contributed by atoms with van der Waals surface area (Å²) in [5, 5.41) is 0. The van der Waals surface area contributed by atoms with E-state index in [2.05, 4.69) is 18.7 Å². The molecule has 0 aliphatic rings. The molecule has 0 aromatic rings. The van der Waals surface area contributed by atoms with Gasteiger partial charge in [-0.3, -0.25) is 0 Å². The van der Waals surface area contributed by atoms with Gasteiger partial charge in [-0.2, -0.15) is 0 Å². The van der Waals surface area contributed by atoms with Crippen LogP contribution >= 0.6 is 11.6 Å². The second-order valence-corrected chi connectivity index (χ2v) is 2.74. The topological polar surface area (TPSA) is 29.5 Å². The Morgan fingerprint density at radius 1 is 1.46 bits per heavy atom. The lowest BCUT2D eigenvalue weighted by Crippen LogP contribution is -2.27. The van der Waals surface area contributed by atoms with Crippen LogP contribution in [0.15, 0.2) is 11.6 Å². The van der Waals surface area contributed by atoms with Gasteiger partial charge in [0.2, 0.25) is 0 Å². The summed E-state index contributed by atoms with van der Waals surface area (Å²) < 4.78 is 4.86. The number of carbonyl (C=O) groups is 1. The van der Waals surface area contributed by atoms with Gasteiger partial charge in [-0.05, 0) is 13.1 Å². The van der Waals surface area contributed by atoms with E-state index in [9.17, 15) is 4.79 Å². The standard InChI is InChI=1S/C9H16ClNO2/c1-3-11(4-2)7-8-13-9(12)5-6-10/h5-6H,3-4,7-8H2,1-2H3. The number of carbonyl (C=O) groups excluding carboxylic acids is 1.